The maximum Gasteiger partial charge on any atom is 0.490 e. The van der Waals surface area contributed by atoms with E-state index in [1.54, 1.807) is 30.3 Å². The average molecular weight is 416 g/mol. The van der Waals surface area contributed by atoms with Gasteiger partial charge < -0.3 is 19.7 Å². The molecule has 3 rings (SSSR count). The number of methoxy groups -OCH3 is 1. The van der Waals surface area contributed by atoms with E-state index in [1.807, 2.05) is 0 Å². The van der Waals surface area contributed by atoms with Crippen LogP contribution in [0, 0.1) is 10.1 Å². The molecule has 0 unspecified atom stereocenters. The Hall–Kier alpha value is -3.79. The second kappa shape index (κ2) is 8.93. The highest BCUT2D eigenvalue weighted by atomic mass is 35.5. The zero-order chi connectivity index (χ0) is 20.8. The van der Waals surface area contributed by atoms with Crippen molar-refractivity contribution in [3.8, 4) is 5.75 Å². The Bertz CT molecular complexity index is 1060. The summed E-state index contributed by atoms with van der Waals surface area (Å²) in [6.07, 6.45) is 2.62. The molecule has 0 amide bonds. The first-order valence-electron chi connectivity index (χ1n) is 8.17. The molecule has 0 fully saturated rings. The molecule has 0 atom stereocenters. The summed E-state index contributed by atoms with van der Waals surface area (Å²) in [7, 11) is 1.50. The maximum atomic E-state index is 11.9. The minimum Gasteiger partial charge on any atom is -0.496 e. The molecule has 1 heterocycles. The van der Waals surface area contributed by atoms with Crippen LogP contribution in [-0.4, -0.2) is 39.0 Å². The summed E-state index contributed by atoms with van der Waals surface area (Å²) in [5.41, 5.74) is 1.62. The third kappa shape index (κ3) is 5.14. The molecule has 0 saturated heterocycles. The molecule has 0 aliphatic carbocycles. The second-order valence-electron chi connectivity index (χ2n) is 5.69. The van der Waals surface area contributed by atoms with Gasteiger partial charge in [-0.3, -0.25) is 0 Å². The van der Waals surface area contributed by atoms with E-state index in [9.17, 15) is 14.9 Å². The van der Waals surface area contributed by atoms with Crippen LogP contribution in [0.25, 0.3) is 0 Å². The van der Waals surface area contributed by atoms with E-state index in [0.717, 1.165) is 0 Å². The topological polar surface area (TPSA) is 122 Å². The fourth-order valence-corrected chi connectivity index (χ4v) is 2.52. The quantitative estimate of drug-likeness (QED) is 0.251. The standard InChI is InChI=1S/C18H14ClN5O5/c1-28-16-7-2-12(8-14(16)10-23-11-20-18(22-23)24(26)27)9-21-29-17(25)13-3-5-15(19)6-4-13/h2-9,11H,10H2,1H3/b21-9-. The Morgan fingerprint density at radius 1 is 1.31 bits per heavy atom. The first kappa shape index (κ1) is 20.0. The van der Waals surface area contributed by atoms with E-state index < -0.39 is 16.8 Å². The molecule has 0 N–H and O–H groups in total. The smallest absolute Gasteiger partial charge is 0.490 e. The van der Waals surface area contributed by atoms with Crippen molar-refractivity contribution in [2.24, 2.45) is 5.16 Å². The number of halogens is 1. The van der Waals surface area contributed by atoms with E-state index in [0.29, 0.717) is 27.5 Å². The summed E-state index contributed by atoms with van der Waals surface area (Å²) in [5, 5.41) is 18.7. The summed E-state index contributed by atoms with van der Waals surface area (Å²) in [4.78, 5) is 30.5. The first-order chi connectivity index (χ1) is 14.0. The van der Waals surface area contributed by atoms with Crippen LogP contribution in [0.2, 0.25) is 5.02 Å². The predicted molar refractivity (Wildman–Crippen MR) is 103 cm³/mol. The molecular formula is C18H14ClN5O5. The number of ether oxygens (including phenoxy) is 1. The molecule has 0 saturated carbocycles. The van der Waals surface area contributed by atoms with E-state index in [2.05, 4.69) is 15.2 Å². The van der Waals surface area contributed by atoms with Crippen LogP contribution in [0.4, 0.5) is 5.95 Å². The van der Waals surface area contributed by atoms with Gasteiger partial charge in [0.2, 0.25) is 6.33 Å². The lowest BCUT2D eigenvalue weighted by molar-refractivity contribution is -0.394. The minimum atomic E-state index is -0.675. The lowest BCUT2D eigenvalue weighted by atomic mass is 10.1. The third-order valence-electron chi connectivity index (χ3n) is 3.74. The van der Waals surface area contributed by atoms with Gasteiger partial charge in [-0.15, -0.1) is 0 Å². The van der Waals surface area contributed by atoms with Gasteiger partial charge in [0.25, 0.3) is 0 Å². The number of hydrogen-bond acceptors (Lipinski definition) is 8. The lowest BCUT2D eigenvalue weighted by Gasteiger charge is -2.08. The Balaban J connectivity index is 1.71. The van der Waals surface area contributed by atoms with Gasteiger partial charge in [-0.1, -0.05) is 21.7 Å². The highest BCUT2D eigenvalue weighted by molar-refractivity contribution is 6.30. The molecule has 3 aromatic rings. The molecule has 0 radical (unpaired) electrons. The molecule has 29 heavy (non-hydrogen) atoms. The van der Waals surface area contributed by atoms with Crippen molar-refractivity contribution < 1.29 is 19.3 Å². The first-order valence-corrected chi connectivity index (χ1v) is 8.55. The number of rotatable bonds is 7. The van der Waals surface area contributed by atoms with Gasteiger partial charge in [-0.05, 0) is 53.0 Å². The van der Waals surface area contributed by atoms with Crippen molar-refractivity contribution in [3.63, 3.8) is 0 Å². The highest BCUT2D eigenvalue weighted by Crippen LogP contribution is 2.20. The van der Waals surface area contributed by atoms with E-state index in [1.165, 1.54) is 36.5 Å². The van der Waals surface area contributed by atoms with Gasteiger partial charge in [0.15, 0.2) is 0 Å². The van der Waals surface area contributed by atoms with Gasteiger partial charge in [0.1, 0.15) is 5.75 Å². The predicted octanol–water partition coefficient (Wildman–Crippen LogP) is 3.09. The maximum absolute atomic E-state index is 11.9. The van der Waals surface area contributed by atoms with Crippen LogP contribution in [-0.2, 0) is 11.4 Å². The number of nitro groups is 1. The van der Waals surface area contributed by atoms with Crippen LogP contribution in [0.3, 0.4) is 0 Å². The highest BCUT2D eigenvalue weighted by Gasteiger charge is 2.15. The van der Waals surface area contributed by atoms with Crippen molar-refractivity contribution in [2.75, 3.05) is 7.11 Å². The zero-order valence-electron chi connectivity index (χ0n) is 15.1. The molecule has 148 valence electrons. The van der Waals surface area contributed by atoms with Crippen molar-refractivity contribution in [3.05, 3.63) is 80.6 Å². The molecule has 10 nitrogen and oxygen atoms in total. The van der Waals surface area contributed by atoms with Gasteiger partial charge in [-0.2, -0.15) is 4.68 Å². The number of carbonyl (C=O) groups is 1. The summed E-state index contributed by atoms with van der Waals surface area (Å²) in [6, 6.07) is 11.4. The number of carbonyl (C=O) groups excluding carboxylic acids is 1. The van der Waals surface area contributed by atoms with E-state index in [4.69, 9.17) is 21.2 Å². The zero-order valence-corrected chi connectivity index (χ0v) is 15.8. The molecule has 2 aromatic carbocycles. The van der Waals surface area contributed by atoms with E-state index in [-0.39, 0.29) is 6.54 Å². The molecular weight excluding hydrogens is 402 g/mol. The SMILES string of the molecule is COc1ccc(/C=N\OC(=O)c2ccc(Cl)cc2)cc1Cn1cnc([N+](=O)[O-])n1. The molecule has 0 bridgehead atoms. The Morgan fingerprint density at radius 2 is 2.07 bits per heavy atom. The molecule has 0 aliphatic rings. The Kier molecular flexibility index (Phi) is 6.15. The number of benzene rings is 2. The minimum absolute atomic E-state index is 0.191. The van der Waals surface area contributed by atoms with Gasteiger partial charge in [-0.25, -0.2) is 4.79 Å². The van der Waals surface area contributed by atoms with Crippen LogP contribution in [0.15, 0.2) is 53.9 Å². The Labute approximate surface area is 169 Å². The molecule has 0 spiro atoms. The lowest BCUT2D eigenvalue weighted by Crippen LogP contribution is -2.04. The van der Waals surface area contributed by atoms with Crippen molar-refractivity contribution in [1.82, 2.24) is 14.8 Å². The summed E-state index contributed by atoms with van der Waals surface area (Å²) in [6.45, 7) is 0.191. The number of aromatic nitrogens is 3. The van der Waals surface area contributed by atoms with Crippen LogP contribution >= 0.6 is 11.6 Å². The number of hydrogen-bond donors (Lipinski definition) is 0. The molecule has 0 aliphatic heterocycles. The summed E-state index contributed by atoms with van der Waals surface area (Å²) < 4.78 is 6.62. The largest absolute Gasteiger partial charge is 0.496 e. The monoisotopic (exact) mass is 415 g/mol. The van der Waals surface area contributed by atoms with Gasteiger partial charge in [0, 0.05) is 15.7 Å². The second-order valence-corrected chi connectivity index (χ2v) is 6.13. The van der Waals surface area contributed by atoms with Crippen molar-refractivity contribution in [1.29, 1.82) is 0 Å². The van der Waals surface area contributed by atoms with E-state index >= 15 is 0 Å². The molecule has 11 heteroatoms. The third-order valence-corrected chi connectivity index (χ3v) is 3.99. The number of oxime groups is 1. The van der Waals surface area contributed by atoms with Gasteiger partial charge in [0.05, 0.1) is 25.4 Å². The van der Waals surface area contributed by atoms with Crippen LogP contribution in [0.5, 0.6) is 5.75 Å². The van der Waals surface area contributed by atoms with Gasteiger partial charge >= 0.3 is 11.9 Å². The normalized spacial score (nSPS) is 10.8. The van der Waals surface area contributed by atoms with Crippen molar-refractivity contribution in [2.45, 2.75) is 6.54 Å². The van der Waals surface area contributed by atoms with Crippen LogP contribution < -0.4 is 4.74 Å². The van der Waals surface area contributed by atoms with Crippen molar-refractivity contribution >= 4 is 29.7 Å². The fourth-order valence-electron chi connectivity index (χ4n) is 2.40. The average Bonchev–Trinajstić information content (AvgIpc) is 3.17. The van der Waals surface area contributed by atoms with Crippen LogP contribution in [0.1, 0.15) is 21.5 Å². The summed E-state index contributed by atoms with van der Waals surface area (Å²) >= 11 is 5.78. The summed E-state index contributed by atoms with van der Waals surface area (Å²) in [5.74, 6) is -0.559. The Morgan fingerprint density at radius 3 is 2.72 bits per heavy atom. The fraction of sp³-hybridized carbons (Fsp3) is 0.111. The number of nitrogens with zero attached hydrogens (tertiary/aromatic N) is 5. The molecule has 1 aromatic heterocycles.